The number of aromatic nitrogens is 3. The molecule has 3 rings (SSSR count). The molecule has 0 amide bonds. The van der Waals surface area contributed by atoms with E-state index in [0.717, 1.165) is 21.2 Å². The zero-order valence-corrected chi connectivity index (χ0v) is 9.41. The van der Waals surface area contributed by atoms with Crippen LogP contribution in [0.5, 0.6) is 0 Å². The SMILES string of the molecule is Nc1ncn(C(=O)Cc2coc3ccccc23)n1. The van der Waals surface area contributed by atoms with Crippen molar-refractivity contribution in [2.45, 2.75) is 6.42 Å². The topological polar surface area (TPSA) is 86.9 Å². The predicted molar refractivity (Wildman–Crippen MR) is 65.0 cm³/mol. The van der Waals surface area contributed by atoms with Crippen LogP contribution in [0.25, 0.3) is 11.0 Å². The van der Waals surface area contributed by atoms with Crippen molar-refractivity contribution in [1.29, 1.82) is 0 Å². The number of nitrogen functional groups attached to an aromatic ring is 1. The van der Waals surface area contributed by atoms with Gasteiger partial charge in [-0.05, 0) is 6.07 Å². The summed E-state index contributed by atoms with van der Waals surface area (Å²) >= 11 is 0. The van der Waals surface area contributed by atoms with Gasteiger partial charge >= 0.3 is 0 Å². The summed E-state index contributed by atoms with van der Waals surface area (Å²) in [5, 5.41) is 4.70. The first kappa shape index (κ1) is 10.5. The Morgan fingerprint density at radius 1 is 1.39 bits per heavy atom. The summed E-state index contributed by atoms with van der Waals surface area (Å²) in [5.41, 5.74) is 6.95. The van der Waals surface area contributed by atoms with Crippen molar-refractivity contribution in [3.63, 3.8) is 0 Å². The van der Waals surface area contributed by atoms with Crippen LogP contribution in [0.15, 0.2) is 41.3 Å². The first-order valence-corrected chi connectivity index (χ1v) is 5.39. The molecule has 2 N–H and O–H groups in total. The van der Waals surface area contributed by atoms with Crippen molar-refractivity contribution in [2.75, 3.05) is 5.73 Å². The van der Waals surface area contributed by atoms with Gasteiger partial charge in [-0.2, -0.15) is 4.68 Å². The first-order valence-electron chi connectivity index (χ1n) is 5.39. The minimum absolute atomic E-state index is 0.0837. The monoisotopic (exact) mass is 242 g/mol. The van der Waals surface area contributed by atoms with Crippen LogP contribution in [0.4, 0.5) is 5.95 Å². The molecule has 0 aliphatic rings. The third-order valence-electron chi connectivity index (χ3n) is 2.67. The molecular formula is C12H10N4O2. The number of hydrogen-bond donors (Lipinski definition) is 1. The molecule has 2 aromatic heterocycles. The number of para-hydroxylation sites is 1. The molecule has 90 valence electrons. The van der Waals surface area contributed by atoms with Gasteiger partial charge in [0.15, 0.2) is 0 Å². The Bertz CT molecular complexity index is 714. The van der Waals surface area contributed by atoms with E-state index in [2.05, 4.69) is 10.1 Å². The molecule has 0 bridgehead atoms. The van der Waals surface area contributed by atoms with Crippen LogP contribution in [0.1, 0.15) is 10.4 Å². The number of benzene rings is 1. The molecular weight excluding hydrogens is 232 g/mol. The molecule has 0 aliphatic heterocycles. The Morgan fingerprint density at radius 2 is 2.22 bits per heavy atom. The quantitative estimate of drug-likeness (QED) is 0.735. The molecule has 0 aliphatic carbocycles. The van der Waals surface area contributed by atoms with E-state index >= 15 is 0 Å². The molecule has 0 saturated carbocycles. The van der Waals surface area contributed by atoms with Crippen LogP contribution in [0.2, 0.25) is 0 Å². The lowest BCUT2D eigenvalue weighted by molar-refractivity contribution is 0.0898. The van der Waals surface area contributed by atoms with Crippen molar-refractivity contribution >= 4 is 22.8 Å². The number of fused-ring (bicyclic) bond motifs is 1. The fraction of sp³-hybridized carbons (Fsp3) is 0.0833. The van der Waals surface area contributed by atoms with Crippen LogP contribution in [0, 0.1) is 0 Å². The smallest absolute Gasteiger partial charge is 0.252 e. The maximum Gasteiger partial charge on any atom is 0.252 e. The summed E-state index contributed by atoms with van der Waals surface area (Å²) in [7, 11) is 0. The first-order chi connectivity index (χ1) is 8.74. The minimum atomic E-state index is -0.203. The van der Waals surface area contributed by atoms with E-state index in [4.69, 9.17) is 10.2 Å². The van der Waals surface area contributed by atoms with E-state index in [9.17, 15) is 4.79 Å². The number of carbonyl (C=O) groups excluding carboxylic acids is 1. The molecule has 0 atom stereocenters. The molecule has 0 spiro atoms. The number of carbonyl (C=O) groups is 1. The van der Waals surface area contributed by atoms with Crippen LogP contribution >= 0.6 is 0 Å². The largest absolute Gasteiger partial charge is 0.464 e. The highest BCUT2D eigenvalue weighted by Gasteiger charge is 2.12. The molecule has 2 heterocycles. The average molecular weight is 242 g/mol. The van der Waals surface area contributed by atoms with E-state index in [1.54, 1.807) is 6.26 Å². The Morgan fingerprint density at radius 3 is 3.00 bits per heavy atom. The van der Waals surface area contributed by atoms with E-state index in [1.807, 2.05) is 24.3 Å². The minimum Gasteiger partial charge on any atom is -0.464 e. The fourth-order valence-corrected chi connectivity index (χ4v) is 1.81. The van der Waals surface area contributed by atoms with Crippen molar-refractivity contribution in [1.82, 2.24) is 14.8 Å². The number of rotatable bonds is 2. The van der Waals surface area contributed by atoms with Crippen molar-refractivity contribution in [3.05, 3.63) is 42.4 Å². The summed E-state index contributed by atoms with van der Waals surface area (Å²) in [5.74, 6) is -0.119. The Kier molecular flexibility index (Phi) is 2.33. The molecule has 0 radical (unpaired) electrons. The van der Waals surface area contributed by atoms with E-state index in [1.165, 1.54) is 6.33 Å². The summed E-state index contributed by atoms with van der Waals surface area (Å²) < 4.78 is 6.50. The standard InChI is InChI=1S/C12H10N4O2/c13-12-14-7-16(15-12)11(17)5-8-6-18-10-4-2-1-3-9(8)10/h1-4,6-7H,5H2,(H2,13,15). The van der Waals surface area contributed by atoms with Gasteiger partial charge in [-0.15, -0.1) is 5.10 Å². The molecule has 6 nitrogen and oxygen atoms in total. The second-order valence-corrected chi connectivity index (χ2v) is 3.87. The van der Waals surface area contributed by atoms with Crippen molar-refractivity contribution in [3.8, 4) is 0 Å². The Labute approximate surface area is 102 Å². The van der Waals surface area contributed by atoms with Crippen LogP contribution in [0.3, 0.4) is 0 Å². The highest BCUT2D eigenvalue weighted by atomic mass is 16.3. The zero-order valence-electron chi connectivity index (χ0n) is 9.41. The Balaban J connectivity index is 1.90. The van der Waals surface area contributed by atoms with Gasteiger partial charge < -0.3 is 10.2 Å². The molecule has 1 aromatic carbocycles. The summed E-state index contributed by atoms with van der Waals surface area (Å²) in [6.07, 6.45) is 3.09. The number of nitrogens with two attached hydrogens (primary N) is 1. The second-order valence-electron chi connectivity index (χ2n) is 3.87. The molecule has 0 unspecified atom stereocenters. The van der Waals surface area contributed by atoms with Crippen LogP contribution < -0.4 is 5.73 Å². The van der Waals surface area contributed by atoms with Crippen molar-refractivity contribution < 1.29 is 9.21 Å². The Hall–Kier alpha value is -2.63. The third-order valence-corrected chi connectivity index (χ3v) is 2.67. The highest BCUT2D eigenvalue weighted by molar-refractivity contribution is 5.88. The maximum absolute atomic E-state index is 11.9. The number of nitrogens with zero attached hydrogens (tertiary/aromatic N) is 3. The van der Waals surface area contributed by atoms with Crippen LogP contribution in [-0.2, 0) is 6.42 Å². The van der Waals surface area contributed by atoms with Gasteiger partial charge in [0.1, 0.15) is 11.9 Å². The van der Waals surface area contributed by atoms with Gasteiger partial charge in [-0.1, -0.05) is 18.2 Å². The van der Waals surface area contributed by atoms with Gasteiger partial charge in [-0.25, -0.2) is 4.98 Å². The van der Waals surface area contributed by atoms with E-state index in [0.29, 0.717) is 0 Å². The number of anilines is 1. The lowest BCUT2D eigenvalue weighted by Crippen LogP contribution is -2.14. The second kappa shape index (κ2) is 3.99. The predicted octanol–water partition coefficient (Wildman–Crippen LogP) is 1.49. The van der Waals surface area contributed by atoms with Crippen LogP contribution in [-0.4, -0.2) is 20.7 Å². The van der Waals surface area contributed by atoms with Gasteiger partial charge in [0.05, 0.1) is 12.7 Å². The van der Waals surface area contributed by atoms with Crippen molar-refractivity contribution in [2.24, 2.45) is 0 Å². The molecule has 3 aromatic rings. The fourth-order valence-electron chi connectivity index (χ4n) is 1.81. The molecule has 6 heteroatoms. The lowest BCUT2D eigenvalue weighted by Gasteiger charge is -1.97. The normalized spacial score (nSPS) is 10.9. The van der Waals surface area contributed by atoms with Gasteiger partial charge in [-0.3, -0.25) is 4.79 Å². The third kappa shape index (κ3) is 1.73. The highest BCUT2D eigenvalue weighted by Crippen LogP contribution is 2.21. The summed E-state index contributed by atoms with van der Waals surface area (Å²) in [6.45, 7) is 0. The molecule has 0 saturated heterocycles. The van der Waals surface area contributed by atoms with E-state index < -0.39 is 0 Å². The zero-order chi connectivity index (χ0) is 12.5. The number of furan rings is 1. The van der Waals surface area contributed by atoms with Gasteiger partial charge in [0.2, 0.25) is 5.95 Å². The average Bonchev–Trinajstić information content (AvgIpc) is 2.97. The summed E-state index contributed by atoms with van der Waals surface area (Å²) in [4.78, 5) is 15.6. The summed E-state index contributed by atoms with van der Waals surface area (Å²) in [6, 6.07) is 7.56. The maximum atomic E-state index is 11.9. The van der Waals surface area contributed by atoms with Gasteiger partial charge in [0, 0.05) is 10.9 Å². The number of hydrogen-bond acceptors (Lipinski definition) is 5. The lowest BCUT2D eigenvalue weighted by atomic mass is 10.1. The van der Waals surface area contributed by atoms with Gasteiger partial charge in [0.25, 0.3) is 5.91 Å². The van der Waals surface area contributed by atoms with E-state index in [-0.39, 0.29) is 18.3 Å². The molecule has 18 heavy (non-hydrogen) atoms. The molecule has 0 fully saturated rings.